The van der Waals surface area contributed by atoms with E-state index in [0.29, 0.717) is 17.7 Å². The number of carbonyl (C=O) groups excluding carboxylic acids is 1. The lowest BCUT2D eigenvalue weighted by molar-refractivity contribution is -0.137. The highest BCUT2D eigenvalue weighted by Gasteiger charge is 2.30. The van der Waals surface area contributed by atoms with Crippen LogP contribution in [0.15, 0.2) is 54.7 Å². The molecule has 1 atom stereocenters. The number of hydrogen-bond acceptors (Lipinski definition) is 4. The number of halogens is 4. The summed E-state index contributed by atoms with van der Waals surface area (Å²) < 4.78 is 48.3. The minimum absolute atomic E-state index is 0.0404. The molecule has 1 aromatic heterocycles. The van der Waals surface area contributed by atoms with Gasteiger partial charge in [0.2, 0.25) is 11.1 Å². The molecule has 0 radical (unpaired) electrons. The summed E-state index contributed by atoms with van der Waals surface area (Å²) in [7, 11) is 0. The summed E-state index contributed by atoms with van der Waals surface area (Å²) in [5.41, 5.74) is -0.846. The second-order valence-electron chi connectivity index (χ2n) is 4.94. The Bertz CT molecular complexity index is 743. The molecule has 1 aromatic carbocycles. The highest BCUT2D eigenvalue weighted by atomic mass is 35.5. The SMILES string of the molecule is CC(C=CC(=O)Cl)Oc1ccc(Oc2ccc(C(F)(F)F)cn2)cc1. The highest BCUT2D eigenvalue weighted by molar-refractivity contribution is 6.66. The average Bonchev–Trinajstić information content (AvgIpc) is 2.54. The van der Waals surface area contributed by atoms with Crippen molar-refractivity contribution in [2.45, 2.75) is 19.2 Å². The first-order valence-corrected chi connectivity index (χ1v) is 7.47. The van der Waals surface area contributed by atoms with Gasteiger partial charge < -0.3 is 9.47 Å². The zero-order valence-electron chi connectivity index (χ0n) is 13.0. The molecule has 0 bridgehead atoms. The molecule has 25 heavy (non-hydrogen) atoms. The molecule has 132 valence electrons. The second-order valence-corrected chi connectivity index (χ2v) is 5.32. The van der Waals surface area contributed by atoms with Gasteiger partial charge in [-0.3, -0.25) is 4.79 Å². The van der Waals surface area contributed by atoms with Crippen molar-refractivity contribution in [3.63, 3.8) is 0 Å². The van der Waals surface area contributed by atoms with Gasteiger partial charge in [0.1, 0.15) is 17.6 Å². The van der Waals surface area contributed by atoms with Gasteiger partial charge in [0, 0.05) is 12.3 Å². The molecule has 1 unspecified atom stereocenters. The number of allylic oxidation sites excluding steroid dienone is 1. The van der Waals surface area contributed by atoms with Crippen LogP contribution in [0.25, 0.3) is 0 Å². The van der Waals surface area contributed by atoms with E-state index in [1.54, 1.807) is 31.2 Å². The number of benzene rings is 1. The minimum Gasteiger partial charge on any atom is -0.487 e. The monoisotopic (exact) mass is 371 g/mol. The molecule has 2 rings (SSSR count). The van der Waals surface area contributed by atoms with Crippen LogP contribution in [0.5, 0.6) is 17.4 Å². The van der Waals surface area contributed by atoms with E-state index in [9.17, 15) is 18.0 Å². The Morgan fingerprint density at radius 3 is 2.32 bits per heavy atom. The minimum atomic E-state index is -4.44. The summed E-state index contributed by atoms with van der Waals surface area (Å²) in [5.74, 6) is 0.948. The Balaban J connectivity index is 1.97. The number of rotatable bonds is 6. The van der Waals surface area contributed by atoms with Crippen molar-refractivity contribution in [2.24, 2.45) is 0 Å². The lowest BCUT2D eigenvalue weighted by atomic mass is 10.3. The summed E-state index contributed by atoms with van der Waals surface area (Å²) in [5, 5.41) is -0.594. The maximum Gasteiger partial charge on any atom is 0.417 e. The van der Waals surface area contributed by atoms with Crippen LogP contribution < -0.4 is 9.47 Å². The summed E-state index contributed by atoms with van der Waals surface area (Å²) >= 11 is 5.19. The standard InChI is InChI=1S/C17H13ClF3NO3/c1-11(2-8-15(18)23)24-13-4-6-14(7-5-13)25-16-9-3-12(10-22-16)17(19,20)21/h2-11H,1H3. The quantitative estimate of drug-likeness (QED) is 0.530. The van der Waals surface area contributed by atoms with Crippen LogP contribution in [0, 0.1) is 0 Å². The molecule has 4 nitrogen and oxygen atoms in total. The Labute approximate surface area is 146 Å². The summed E-state index contributed by atoms with van der Waals surface area (Å²) in [6.45, 7) is 1.73. The van der Waals surface area contributed by atoms with Gasteiger partial charge in [0.15, 0.2) is 0 Å². The Kier molecular flexibility index (Phi) is 6.03. The normalized spacial score (nSPS) is 12.8. The predicted octanol–water partition coefficient (Wildman–Crippen LogP) is 4.98. The van der Waals surface area contributed by atoms with Crippen LogP contribution in [0.2, 0.25) is 0 Å². The Morgan fingerprint density at radius 2 is 1.80 bits per heavy atom. The zero-order chi connectivity index (χ0) is 18.4. The van der Waals surface area contributed by atoms with E-state index in [1.807, 2.05) is 0 Å². The van der Waals surface area contributed by atoms with Gasteiger partial charge in [-0.05, 0) is 61.0 Å². The molecule has 0 N–H and O–H groups in total. The van der Waals surface area contributed by atoms with Gasteiger partial charge in [-0.15, -0.1) is 0 Å². The van der Waals surface area contributed by atoms with Crippen LogP contribution in [-0.2, 0) is 11.0 Å². The largest absolute Gasteiger partial charge is 0.487 e. The number of hydrogen-bond donors (Lipinski definition) is 0. The third-order valence-electron chi connectivity index (χ3n) is 2.93. The average molecular weight is 372 g/mol. The molecular weight excluding hydrogens is 359 g/mol. The van der Waals surface area contributed by atoms with E-state index >= 15 is 0 Å². The van der Waals surface area contributed by atoms with Crippen molar-refractivity contribution in [3.8, 4) is 17.4 Å². The fourth-order valence-corrected chi connectivity index (χ4v) is 1.85. The van der Waals surface area contributed by atoms with Gasteiger partial charge in [-0.1, -0.05) is 0 Å². The van der Waals surface area contributed by atoms with Gasteiger partial charge in [-0.25, -0.2) is 4.98 Å². The molecular formula is C17H13ClF3NO3. The van der Waals surface area contributed by atoms with Gasteiger partial charge >= 0.3 is 6.18 Å². The van der Waals surface area contributed by atoms with Crippen LogP contribution in [0.3, 0.4) is 0 Å². The third kappa shape index (κ3) is 6.11. The fourth-order valence-electron chi connectivity index (χ4n) is 1.78. The maximum atomic E-state index is 12.5. The molecule has 0 saturated carbocycles. The smallest absolute Gasteiger partial charge is 0.417 e. The molecule has 2 aromatic rings. The lowest BCUT2D eigenvalue weighted by Gasteiger charge is -2.11. The molecule has 0 aliphatic carbocycles. The number of alkyl halides is 3. The van der Waals surface area contributed by atoms with Crippen molar-refractivity contribution >= 4 is 16.8 Å². The van der Waals surface area contributed by atoms with Crippen molar-refractivity contribution in [3.05, 3.63) is 60.3 Å². The van der Waals surface area contributed by atoms with E-state index in [1.165, 1.54) is 12.2 Å². The summed E-state index contributed by atoms with van der Waals surface area (Å²) in [4.78, 5) is 14.3. The number of carbonyl (C=O) groups is 1. The number of nitrogens with zero attached hydrogens (tertiary/aromatic N) is 1. The Hall–Kier alpha value is -2.54. The van der Waals surface area contributed by atoms with Gasteiger partial charge in [0.25, 0.3) is 0 Å². The summed E-state index contributed by atoms with van der Waals surface area (Å²) in [6, 6.07) is 8.43. The van der Waals surface area contributed by atoms with Crippen molar-refractivity contribution in [2.75, 3.05) is 0 Å². The van der Waals surface area contributed by atoms with Gasteiger partial charge in [0.05, 0.1) is 5.56 Å². The highest BCUT2D eigenvalue weighted by Crippen LogP contribution is 2.30. The number of ether oxygens (including phenoxy) is 2. The number of aromatic nitrogens is 1. The molecule has 0 fully saturated rings. The first-order valence-electron chi connectivity index (χ1n) is 7.09. The molecule has 0 spiro atoms. The lowest BCUT2D eigenvalue weighted by Crippen LogP contribution is -2.08. The van der Waals surface area contributed by atoms with Crippen molar-refractivity contribution < 1.29 is 27.4 Å². The maximum absolute atomic E-state index is 12.5. The van der Waals surface area contributed by atoms with Gasteiger partial charge in [-0.2, -0.15) is 13.2 Å². The predicted molar refractivity (Wildman–Crippen MR) is 85.8 cm³/mol. The van der Waals surface area contributed by atoms with E-state index < -0.39 is 17.0 Å². The van der Waals surface area contributed by atoms with E-state index in [0.717, 1.165) is 12.1 Å². The Morgan fingerprint density at radius 1 is 1.16 bits per heavy atom. The van der Waals surface area contributed by atoms with Crippen LogP contribution in [-0.4, -0.2) is 16.3 Å². The molecule has 0 aliphatic heterocycles. The van der Waals surface area contributed by atoms with E-state index in [2.05, 4.69) is 4.98 Å². The molecule has 0 saturated heterocycles. The molecule has 8 heteroatoms. The topological polar surface area (TPSA) is 48.4 Å². The number of pyridine rings is 1. The first kappa shape index (κ1) is 18.8. The first-order chi connectivity index (χ1) is 11.7. The van der Waals surface area contributed by atoms with Crippen LogP contribution >= 0.6 is 11.6 Å². The fraction of sp³-hybridized carbons (Fsp3) is 0.176. The second kappa shape index (κ2) is 8.02. The zero-order valence-corrected chi connectivity index (χ0v) is 13.7. The third-order valence-corrected chi connectivity index (χ3v) is 3.06. The van der Waals surface area contributed by atoms with E-state index in [4.69, 9.17) is 21.1 Å². The molecule has 1 heterocycles. The summed E-state index contributed by atoms with van der Waals surface area (Å²) in [6.07, 6.45) is -1.40. The van der Waals surface area contributed by atoms with Crippen molar-refractivity contribution in [1.29, 1.82) is 0 Å². The van der Waals surface area contributed by atoms with Crippen molar-refractivity contribution in [1.82, 2.24) is 4.98 Å². The van der Waals surface area contributed by atoms with Crippen LogP contribution in [0.1, 0.15) is 12.5 Å². The van der Waals surface area contributed by atoms with Crippen LogP contribution in [0.4, 0.5) is 13.2 Å². The van der Waals surface area contributed by atoms with E-state index in [-0.39, 0.29) is 12.0 Å². The molecule has 0 aliphatic rings. The molecule has 0 amide bonds.